The second kappa shape index (κ2) is 9.03. The van der Waals surface area contributed by atoms with Crippen LogP contribution in [0.5, 0.6) is 0 Å². The van der Waals surface area contributed by atoms with Gasteiger partial charge in [0.25, 0.3) is 0 Å². The van der Waals surface area contributed by atoms with Crippen molar-refractivity contribution in [3.8, 4) is 0 Å². The molecule has 40 valence electrons. The molecule has 0 amide bonds. The molecule has 1 N–H and O–H groups in total. The third-order valence-corrected chi connectivity index (χ3v) is 0. The minimum absolute atomic E-state index is 0. The van der Waals surface area contributed by atoms with Gasteiger partial charge in [-0.15, -0.1) is 0 Å². The van der Waals surface area contributed by atoms with E-state index in [1.54, 1.807) is 0 Å². The topological polar surface area (TPSA) is 37.3 Å². The van der Waals surface area contributed by atoms with Gasteiger partial charge >= 0.3 is 0 Å². The van der Waals surface area contributed by atoms with Gasteiger partial charge in [-0.05, 0) is 0 Å². The van der Waals surface area contributed by atoms with Gasteiger partial charge in [0.2, 0.25) is 0 Å². The summed E-state index contributed by atoms with van der Waals surface area (Å²) in [4.78, 5) is 8.89. The first kappa shape index (κ1) is 16.2. The largest absolute Gasteiger partial charge is 0.503 e. The van der Waals surface area contributed by atoms with Crippen LogP contribution >= 0.6 is 0 Å². The number of carboxylic acid groups (broad SMARTS) is 1. The van der Waals surface area contributed by atoms with E-state index in [0.717, 1.165) is 0 Å². The van der Waals surface area contributed by atoms with Gasteiger partial charge in [0.1, 0.15) is 0 Å². The molecule has 0 bridgehead atoms. The summed E-state index contributed by atoms with van der Waals surface area (Å²) >= 11 is 0. The van der Waals surface area contributed by atoms with Gasteiger partial charge < -0.3 is 5.11 Å². The number of aliphatic carboxylic acids is 1. The van der Waals surface area contributed by atoms with Crippen molar-refractivity contribution in [1.82, 2.24) is 0 Å². The fraction of sp³-hybridized carbons (Fsp3) is 0. The normalized spacial score (nSPS) is 4.00. The van der Waals surface area contributed by atoms with Crippen molar-refractivity contribution >= 4 is 5.97 Å². The van der Waals surface area contributed by atoms with E-state index >= 15 is 0 Å². The average Bonchev–Trinajstić information content (AvgIpc) is 0.811. The Morgan fingerprint density at radius 1 is 1.67 bits per heavy atom. The summed E-state index contributed by atoms with van der Waals surface area (Å²) in [6, 6.07) is 0. The number of hydrogen-bond acceptors (Lipinski definition) is 1. The Labute approximate surface area is 57.0 Å². The fourth-order valence-electron chi connectivity index (χ4n) is 0. The number of hydrogen-bond donors (Lipinski definition) is 1. The summed E-state index contributed by atoms with van der Waals surface area (Å²) in [6.45, 7) is 2.56. The van der Waals surface area contributed by atoms with Crippen molar-refractivity contribution in [3.05, 3.63) is 6.92 Å². The van der Waals surface area contributed by atoms with Crippen LogP contribution in [0.15, 0.2) is 0 Å². The van der Waals surface area contributed by atoms with Gasteiger partial charge in [0.15, 0.2) is 5.97 Å². The number of carbonyl (C=O) groups is 1. The molecule has 0 saturated heterocycles. The van der Waals surface area contributed by atoms with Crippen LogP contribution in [0.2, 0.25) is 0 Å². The van der Waals surface area contributed by atoms with Crippen LogP contribution in [0.4, 0.5) is 0 Å². The Balaban J connectivity index is -0.0000000450. The molecule has 4 heteroatoms. The molecule has 0 aromatic rings. The SMILES string of the molecule is [CH2-]C(=O)O.[Co].[Mn]. The first-order valence-corrected chi connectivity index (χ1v) is 0.781. The summed E-state index contributed by atoms with van der Waals surface area (Å²) < 4.78 is 0. The monoisotopic (exact) mass is 173 g/mol. The number of rotatable bonds is 0. The molecule has 0 rings (SSSR count). The molecule has 0 aliphatic carbocycles. The van der Waals surface area contributed by atoms with E-state index in [1.165, 1.54) is 0 Å². The Kier molecular flexibility index (Phi) is 24.3. The maximum absolute atomic E-state index is 8.89. The molecule has 0 atom stereocenters. The maximum Gasteiger partial charge on any atom is 0.161 e. The maximum atomic E-state index is 8.89. The molecule has 0 aromatic heterocycles. The molecule has 0 aliphatic rings. The average molecular weight is 173 g/mol. The van der Waals surface area contributed by atoms with Crippen LogP contribution in [-0.2, 0) is 38.6 Å². The molecule has 0 aromatic carbocycles. The van der Waals surface area contributed by atoms with E-state index < -0.39 is 5.97 Å². The van der Waals surface area contributed by atoms with Gasteiger partial charge in [0, 0.05) is 33.8 Å². The summed E-state index contributed by atoms with van der Waals surface area (Å²) in [5.41, 5.74) is 0. The summed E-state index contributed by atoms with van der Waals surface area (Å²) in [6.07, 6.45) is 0. The summed E-state index contributed by atoms with van der Waals surface area (Å²) in [5.74, 6) is -1.08. The number of carboxylic acids is 1. The van der Waals surface area contributed by atoms with E-state index in [1.807, 2.05) is 0 Å². The smallest absolute Gasteiger partial charge is 0.161 e. The van der Waals surface area contributed by atoms with Crippen molar-refractivity contribution in [1.29, 1.82) is 0 Å². The molecule has 0 heterocycles. The quantitative estimate of drug-likeness (QED) is 0.410. The van der Waals surface area contributed by atoms with Gasteiger partial charge in [0.05, 0.1) is 0 Å². The zero-order valence-corrected chi connectivity index (χ0v) is 5.00. The zero-order chi connectivity index (χ0) is 3.58. The van der Waals surface area contributed by atoms with Crippen LogP contribution in [0.1, 0.15) is 0 Å². The first-order valence-electron chi connectivity index (χ1n) is 0.781. The molecule has 0 saturated carbocycles. The van der Waals surface area contributed by atoms with Crippen LogP contribution < -0.4 is 0 Å². The Bertz CT molecular complexity index is 34.5. The predicted molar refractivity (Wildman–Crippen MR) is 13.0 cm³/mol. The zero-order valence-electron chi connectivity index (χ0n) is 2.77. The molecule has 0 aliphatic heterocycles. The Morgan fingerprint density at radius 2 is 1.67 bits per heavy atom. The summed E-state index contributed by atoms with van der Waals surface area (Å²) in [5, 5.41) is 7.31. The molecule has 0 unspecified atom stereocenters. The van der Waals surface area contributed by atoms with E-state index in [0.29, 0.717) is 0 Å². The molecule has 6 heavy (non-hydrogen) atoms. The molecule has 0 fully saturated rings. The van der Waals surface area contributed by atoms with Crippen LogP contribution in [0.25, 0.3) is 0 Å². The van der Waals surface area contributed by atoms with E-state index in [-0.39, 0.29) is 33.8 Å². The van der Waals surface area contributed by atoms with Gasteiger partial charge in [-0.1, -0.05) is 0 Å². The van der Waals surface area contributed by atoms with Gasteiger partial charge in [-0.2, -0.15) is 0 Å². The van der Waals surface area contributed by atoms with Gasteiger partial charge in [-0.3, -0.25) is 11.7 Å². The van der Waals surface area contributed by atoms with E-state index in [2.05, 4.69) is 6.92 Å². The van der Waals surface area contributed by atoms with Crippen molar-refractivity contribution in [2.24, 2.45) is 0 Å². The molecular formula is C2H3CoMnO2-. The van der Waals surface area contributed by atoms with Crippen LogP contribution in [-0.4, -0.2) is 11.1 Å². The molecule has 0 spiro atoms. The third-order valence-electron chi connectivity index (χ3n) is 0. The predicted octanol–water partition coefficient (Wildman–Crippen LogP) is -0.0999. The first-order chi connectivity index (χ1) is 1.73. The fourth-order valence-corrected chi connectivity index (χ4v) is 0. The Hall–Kier alpha value is 0.366. The van der Waals surface area contributed by atoms with Gasteiger partial charge in [-0.25, -0.2) is 0 Å². The minimum atomic E-state index is -1.08. The van der Waals surface area contributed by atoms with E-state index in [9.17, 15) is 0 Å². The van der Waals surface area contributed by atoms with Crippen LogP contribution in [0, 0.1) is 6.92 Å². The Morgan fingerprint density at radius 3 is 1.67 bits per heavy atom. The van der Waals surface area contributed by atoms with Crippen molar-refractivity contribution < 1.29 is 43.7 Å². The minimum Gasteiger partial charge on any atom is -0.503 e. The second-order valence-corrected chi connectivity index (χ2v) is 0.394. The second-order valence-electron chi connectivity index (χ2n) is 0.394. The van der Waals surface area contributed by atoms with Crippen molar-refractivity contribution in [2.45, 2.75) is 0 Å². The van der Waals surface area contributed by atoms with Crippen molar-refractivity contribution in [2.75, 3.05) is 0 Å². The molecule has 2 radical (unpaired) electrons. The van der Waals surface area contributed by atoms with E-state index in [4.69, 9.17) is 9.90 Å². The third kappa shape index (κ3) is 369. The summed E-state index contributed by atoms with van der Waals surface area (Å²) in [7, 11) is 0. The standard InChI is InChI=1S/C2H3O2.Co.Mn/c1-2(3)4;;/h1H2,(H,3,4);;/q-1;;. The molecule has 2 nitrogen and oxygen atoms in total. The van der Waals surface area contributed by atoms with Crippen molar-refractivity contribution in [3.63, 3.8) is 0 Å². The molecular weight excluding hydrogens is 170 g/mol. The van der Waals surface area contributed by atoms with Crippen LogP contribution in [0.3, 0.4) is 0 Å².